The molecule has 0 bridgehead atoms. The van der Waals surface area contributed by atoms with Gasteiger partial charge in [0.15, 0.2) is 0 Å². The van der Waals surface area contributed by atoms with E-state index in [1.54, 1.807) is 19.2 Å². The van der Waals surface area contributed by atoms with Crippen LogP contribution in [-0.2, 0) is 14.5 Å². The molecule has 7 nitrogen and oxygen atoms in total. The van der Waals surface area contributed by atoms with E-state index in [-0.39, 0.29) is 24.1 Å². The number of halogens is 2. The van der Waals surface area contributed by atoms with Crippen molar-refractivity contribution in [1.82, 2.24) is 10.3 Å². The molecular formula is C31H33F2N5O2S2. The third kappa shape index (κ3) is 5.66. The normalized spacial score (nSPS) is 24.4. The molecule has 2 aromatic carbocycles. The molecule has 6 rings (SSSR count). The lowest BCUT2D eigenvalue weighted by molar-refractivity contribution is -0.128. The molecule has 2 heterocycles. The highest BCUT2D eigenvalue weighted by Crippen LogP contribution is 2.48. The average molecular weight is 610 g/mol. The average Bonchev–Trinajstić information content (AvgIpc) is 3.65. The Kier molecular flexibility index (Phi) is 7.79. The maximum Gasteiger partial charge on any atom is 0.225 e. The van der Waals surface area contributed by atoms with Crippen molar-refractivity contribution < 1.29 is 17.8 Å². The van der Waals surface area contributed by atoms with E-state index in [4.69, 9.17) is 4.98 Å². The first kappa shape index (κ1) is 28.7. The molecule has 1 amide bonds. The minimum absolute atomic E-state index is 0.0729. The Balaban J connectivity index is 1.43. The summed E-state index contributed by atoms with van der Waals surface area (Å²) < 4.78 is 45.6. The fourth-order valence-corrected chi connectivity index (χ4v) is 8.79. The van der Waals surface area contributed by atoms with Gasteiger partial charge in [0.1, 0.15) is 22.5 Å². The SMILES string of the molecule is CN=S1(=O)CCN(c2ccccc2-c2sc(-c3ccc(F)cc3)nc2[C@@H]2CC[C@H](F)C[C@H]2C(=O)NC2(C#N)CC2)CC1. The van der Waals surface area contributed by atoms with Crippen molar-refractivity contribution in [2.75, 3.05) is 36.5 Å². The molecule has 11 heteroatoms. The van der Waals surface area contributed by atoms with Gasteiger partial charge >= 0.3 is 0 Å². The summed E-state index contributed by atoms with van der Waals surface area (Å²) in [5.74, 6) is -0.689. The molecule has 2 saturated carbocycles. The van der Waals surface area contributed by atoms with Crippen molar-refractivity contribution in [1.29, 1.82) is 5.26 Å². The lowest BCUT2D eigenvalue weighted by Crippen LogP contribution is -2.44. The van der Waals surface area contributed by atoms with E-state index in [2.05, 4.69) is 20.6 Å². The number of anilines is 1. The summed E-state index contributed by atoms with van der Waals surface area (Å²) in [6, 6.07) is 16.4. The van der Waals surface area contributed by atoms with Gasteiger partial charge in [0.05, 0.1) is 16.6 Å². The van der Waals surface area contributed by atoms with E-state index in [9.17, 15) is 23.0 Å². The summed E-state index contributed by atoms with van der Waals surface area (Å²) in [5.41, 5.74) is 2.56. The second kappa shape index (κ2) is 11.4. The largest absolute Gasteiger partial charge is 0.369 e. The highest BCUT2D eigenvalue weighted by molar-refractivity contribution is 7.93. The molecule has 3 fully saturated rings. The van der Waals surface area contributed by atoms with Gasteiger partial charge in [-0.25, -0.2) is 22.3 Å². The Bertz CT molecular complexity index is 1640. The van der Waals surface area contributed by atoms with E-state index in [0.717, 1.165) is 27.4 Å². The maximum atomic E-state index is 14.8. The zero-order chi connectivity index (χ0) is 29.5. The summed E-state index contributed by atoms with van der Waals surface area (Å²) in [6.45, 7) is 1.20. The zero-order valence-corrected chi connectivity index (χ0v) is 25.0. The maximum absolute atomic E-state index is 14.8. The van der Waals surface area contributed by atoms with Crippen LogP contribution >= 0.6 is 11.3 Å². The van der Waals surface area contributed by atoms with Crippen LogP contribution in [0.3, 0.4) is 0 Å². The standard InChI is InChI=1S/C31H33F2N5O2S2/c1-35-42(40)16-14-38(15-17-42)26-5-3-2-4-24(26)28-27(36-30(41-28)20-6-8-21(32)9-7-20)23-11-10-22(33)18-25(23)29(39)37-31(19-34)12-13-31/h2-9,22-23,25H,10-18H2,1H3,(H,37,39)/t22-,23+,25+/m0/s1. The molecule has 220 valence electrons. The number of nitrogens with zero attached hydrogens (tertiary/aromatic N) is 4. The Labute approximate surface area is 249 Å². The highest BCUT2D eigenvalue weighted by Gasteiger charge is 2.48. The molecule has 1 N–H and O–H groups in total. The number of hydrogen-bond donors (Lipinski definition) is 1. The molecule has 0 spiro atoms. The van der Waals surface area contributed by atoms with Gasteiger partial charge in [0.2, 0.25) is 5.91 Å². The van der Waals surface area contributed by atoms with E-state index >= 15 is 0 Å². The minimum Gasteiger partial charge on any atom is -0.369 e. The molecule has 0 unspecified atom stereocenters. The van der Waals surface area contributed by atoms with Crippen LogP contribution in [0.25, 0.3) is 21.0 Å². The summed E-state index contributed by atoms with van der Waals surface area (Å²) in [4.78, 5) is 21.7. The number of para-hydroxylation sites is 1. The molecule has 3 aliphatic rings. The monoisotopic (exact) mass is 609 g/mol. The van der Waals surface area contributed by atoms with Crippen LogP contribution in [-0.4, -0.2) is 58.5 Å². The van der Waals surface area contributed by atoms with Gasteiger partial charge in [0.25, 0.3) is 0 Å². The zero-order valence-electron chi connectivity index (χ0n) is 23.4. The van der Waals surface area contributed by atoms with E-state index in [0.29, 0.717) is 55.3 Å². The number of carbonyl (C=O) groups is 1. The highest BCUT2D eigenvalue weighted by atomic mass is 32.2. The molecule has 3 aromatic rings. The van der Waals surface area contributed by atoms with Crippen LogP contribution in [0.5, 0.6) is 0 Å². The Hall–Kier alpha value is -3.36. The van der Waals surface area contributed by atoms with Crippen molar-refractivity contribution >= 4 is 32.7 Å². The van der Waals surface area contributed by atoms with Crippen LogP contribution in [0.1, 0.15) is 43.7 Å². The van der Waals surface area contributed by atoms with Gasteiger partial charge in [0, 0.05) is 70.0 Å². The first-order chi connectivity index (χ1) is 20.2. The van der Waals surface area contributed by atoms with Gasteiger partial charge in [-0.3, -0.25) is 4.79 Å². The summed E-state index contributed by atoms with van der Waals surface area (Å²) in [6.07, 6.45) is 0.941. The number of carbonyl (C=O) groups excluding carboxylic acids is 1. The van der Waals surface area contributed by atoms with E-state index < -0.39 is 27.4 Å². The van der Waals surface area contributed by atoms with Crippen LogP contribution in [0.15, 0.2) is 52.9 Å². The Morgan fingerprint density at radius 3 is 2.55 bits per heavy atom. The fraction of sp³-hybridized carbons (Fsp3) is 0.452. The number of alkyl halides is 1. The first-order valence-electron chi connectivity index (χ1n) is 14.3. The van der Waals surface area contributed by atoms with Gasteiger partial charge in [-0.15, -0.1) is 11.3 Å². The number of rotatable bonds is 6. The quantitative estimate of drug-likeness (QED) is 0.374. The van der Waals surface area contributed by atoms with E-state index in [1.165, 1.54) is 23.5 Å². The molecule has 42 heavy (non-hydrogen) atoms. The third-order valence-corrected chi connectivity index (χ3v) is 12.2. The molecular weight excluding hydrogens is 577 g/mol. The molecule has 2 aliphatic carbocycles. The second-order valence-electron chi connectivity index (χ2n) is 11.4. The van der Waals surface area contributed by atoms with Crippen LogP contribution < -0.4 is 10.2 Å². The smallest absolute Gasteiger partial charge is 0.225 e. The fourth-order valence-electron chi connectivity index (χ4n) is 6.03. The van der Waals surface area contributed by atoms with E-state index in [1.807, 2.05) is 24.3 Å². The van der Waals surface area contributed by atoms with Gasteiger partial charge in [-0.05, 0) is 62.4 Å². The van der Waals surface area contributed by atoms with Crippen LogP contribution in [0.2, 0.25) is 0 Å². The molecule has 3 atom stereocenters. The number of hydrogen-bond acceptors (Lipinski definition) is 7. The van der Waals surface area contributed by atoms with Gasteiger partial charge < -0.3 is 10.2 Å². The minimum atomic E-state index is -2.20. The number of nitriles is 1. The van der Waals surface area contributed by atoms with Crippen molar-refractivity contribution in [3.05, 3.63) is 60.0 Å². The van der Waals surface area contributed by atoms with Gasteiger partial charge in [-0.1, -0.05) is 18.2 Å². The van der Waals surface area contributed by atoms with Crippen molar-refractivity contribution in [2.24, 2.45) is 10.3 Å². The number of amides is 1. The Morgan fingerprint density at radius 1 is 1.17 bits per heavy atom. The van der Waals surface area contributed by atoms with Gasteiger partial charge in [-0.2, -0.15) is 5.26 Å². The summed E-state index contributed by atoms with van der Waals surface area (Å²) in [5, 5.41) is 13.2. The molecule has 1 aromatic heterocycles. The lowest BCUT2D eigenvalue weighted by Gasteiger charge is -2.34. The number of aromatic nitrogens is 1. The molecule has 1 aliphatic heterocycles. The van der Waals surface area contributed by atoms with Crippen molar-refractivity contribution in [3.8, 4) is 27.1 Å². The number of thiazole rings is 1. The van der Waals surface area contributed by atoms with Crippen LogP contribution in [0, 0.1) is 23.1 Å². The predicted octanol–water partition coefficient (Wildman–Crippen LogP) is 5.93. The van der Waals surface area contributed by atoms with Crippen molar-refractivity contribution in [2.45, 2.75) is 49.7 Å². The Morgan fingerprint density at radius 2 is 1.88 bits per heavy atom. The second-order valence-corrected chi connectivity index (χ2v) is 15.1. The van der Waals surface area contributed by atoms with Crippen molar-refractivity contribution in [3.63, 3.8) is 0 Å². The molecule has 0 radical (unpaired) electrons. The lowest BCUT2D eigenvalue weighted by atomic mass is 9.75. The first-order valence-corrected chi connectivity index (χ1v) is 17.0. The summed E-state index contributed by atoms with van der Waals surface area (Å²) >= 11 is 1.48. The van der Waals surface area contributed by atoms with Crippen LogP contribution in [0.4, 0.5) is 14.5 Å². The number of nitrogens with one attached hydrogen (secondary N) is 1. The third-order valence-electron chi connectivity index (χ3n) is 8.73. The molecule has 1 saturated heterocycles. The topological polar surface area (TPSA) is 98.4 Å². The summed E-state index contributed by atoms with van der Waals surface area (Å²) in [7, 11) is -0.583. The predicted molar refractivity (Wildman–Crippen MR) is 162 cm³/mol. The number of benzene rings is 2.